The van der Waals surface area contributed by atoms with Crippen LogP contribution in [0.2, 0.25) is 0 Å². The van der Waals surface area contributed by atoms with Gasteiger partial charge >= 0.3 is 5.97 Å². The molecule has 0 saturated carbocycles. The molecular formula is C8H5BrClF2NO2. The molecule has 15 heavy (non-hydrogen) atoms. The van der Waals surface area contributed by atoms with Crippen molar-refractivity contribution in [1.29, 1.82) is 0 Å². The molecule has 1 heterocycles. The van der Waals surface area contributed by atoms with E-state index in [4.69, 9.17) is 16.7 Å². The zero-order chi connectivity index (χ0) is 11.6. The van der Waals surface area contributed by atoms with Gasteiger partial charge in [0.05, 0.1) is 21.6 Å². The maximum absolute atomic E-state index is 12.6. The predicted octanol–water partition coefficient (Wildman–Crippen LogP) is 3.22. The molecule has 1 N–H and O–H groups in total. The average Bonchev–Trinajstić information content (AvgIpc) is 2.16. The van der Waals surface area contributed by atoms with Crippen LogP contribution in [0.25, 0.3) is 0 Å². The molecule has 0 aliphatic carbocycles. The molecule has 0 amide bonds. The van der Waals surface area contributed by atoms with Gasteiger partial charge in [-0.3, -0.25) is 4.98 Å². The molecule has 82 valence electrons. The fraction of sp³-hybridized carbons (Fsp3) is 0.250. The third-order valence-corrected chi connectivity index (χ3v) is 2.84. The van der Waals surface area contributed by atoms with Crippen molar-refractivity contribution in [3.63, 3.8) is 0 Å². The van der Waals surface area contributed by atoms with Crippen molar-refractivity contribution >= 4 is 33.5 Å². The third kappa shape index (κ3) is 2.43. The second-order valence-electron chi connectivity index (χ2n) is 2.59. The fourth-order valence-corrected chi connectivity index (χ4v) is 2.01. The lowest BCUT2D eigenvalue weighted by molar-refractivity contribution is 0.0683. The number of aromatic nitrogens is 1. The van der Waals surface area contributed by atoms with Gasteiger partial charge in [0.25, 0.3) is 6.43 Å². The van der Waals surface area contributed by atoms with Gasteiger partial charge in [-0.15, -0.1) is 11.6 Å². The Labute approximate surface area is 97.2 Å². The first-order valence-electron chi connectivity index (χ1n) is 3.73. The highest BCUT2D eigenvalue weighted by Crippen LogP contribution is 2.32. The molecule has 0 fully saturated rings. The van der Waals surface area contributed by atoms with Gasteiger partial charge in [0, 0.05) is 11.8 Å². The molecule has 1 aromatic heterocycles. The predicted molar refractivity (Wildman–Crippen MR) is 53.4 cm³/mol. The topological polar surface area (TPSA) is 50.2 Å². The molecule has 1 rings (SSSR count). The van der Waals surface area contributed by atoms with Crippen LogP contribution in [-0.4, -0.2) is 16.1 Å². The van der Waals surface area contributed by atoms with Crippen LogP contribution < -0.4 is 0 Å². The molecule has 0 aliphatic rings. The summed E-state index contributed by atoms with van der Waals surface area (Å²) in [6, 6.07) is 0. The molecule has 0 aliphatic heterocycles. The van der Waals surface area contributed by atoms with E-state index in [-0.39, 0.29) is 16.0 Å². The molecule has 0 radical (unpaired) electrons. The Morgan fingerprint density at radius 1 is 1.67 bits per heavy atom. The normalized spacial score (nSPS) is 10.7. The van der Waals surface area contributed by atoms with E-state index in [2.05, 4.69) is 20.9 Å². The van der Waals surface area contributed by atoms with Crippen LogP contribution in [0.1, 0.15) is 28.0 Å². The van der Waals surface area contributed by atoms with Gasteiger partial charge in [0.1, 0.15) is 0 Å². The molecule has 0 bridgehead atoms. The first-order chi connectivity index (χ1) is 6.99. The van der Waals surface area contributed by atoms with Crippen LogP contribution in [0.3, 0.4) is 0 Å². The Kier molecular flexibility index (Phi) is 3.98. The lowest BCUT2D eigenvalue weighted by atomic mass is 10.1. The quantitative estimate of drug-likeness (QED) is 0.872. The van der Waals surface area contributed by atoms with E-state index in [1.807, 2.05) is 0 Å². The molecule has 0 saturated heterocycles. The SMILES string of the molecule is O=C(O)c1cnc(CCl)c(Br)c1C(F)F. The summed E-state index contributed by atoms with van der Waals surface area (Å²) < 4.78 is 25.2. The van der Waals surface area contributed by atoms with Crippen LogP contribution in [0, 0.1) is 0 Å². The Morgan fingerprint density at radius 3 is 2.67 bits per heavy atom. The number of pyridine rings is 1. The summed E-state index contributed by atoms with van der Waals surface area (Å²) in [5, 5.41) is 8.68. The van der Waals surface area contributed by atoms with E-state index in [0.29, 0.717) is 0 Å². The van der Waals surface area contributed by atoms with Crippen molar-refractivity contribution in [2.45, 2.75) is 12.3 Å². The maximum Gasteiger partial charge on any atom is 0.337 e. The zero-order valence-corrected chi connectivity index (χ0v) is 9.52. The first-order valence-corrected chi connectivity index (χ1v) is 5.06. The number of halogens is 4. The molecule has 1 aromatic rings. The number of carboxylic acid groups (broad SMARTS) is 1. The van der Waals surface area contributed by atoms with E-state index >= 15 is 0 Å². The summed E-state index contributed by atoms with van der Waals surface area (Å²) in [6.07, 6.45) is -2.01. The van der Waals surface area contributed by atoms with Crippen LogP contribution in [0.5, 0.6) is 0 Å². The Hall–Kier alpha value is -0.750. The summed E-state index contributed by atoms with van der Waals surface area (Å²) in [5.41, 5.74) is -0.921. The maximum atomic E-state index is 12.6. The van der Waals surface area contributed by atoms with Gasteiger partial charge in [0.2, 0.25) is 0 Å². The number of alkyl halides is 3. The molecule has 0 unspecified atom stereocenters. The Morgan fingerprint density at radius 2 is 2.27 bits per heavy atom. The Bertz CT molecular complexity index is 400. The number of aromatic carboxylic acids is 1. The molecule has 7 heteroatoms. The molecule has 0 atom stereocenters. The second kappa shape index (κ2) is 4.85. The summed E-state index contributed by atoms with van der Waals surface area (Å²) >= 11 is 8.33. The van der Waals surface area contributed by atoms with Gasteiger partial charge in [-0.25, -0.2) is 13.6 Å². The van der Waals surface area contributed by atoms with Crippen molar-refractivity contribution in [1.82, 2.24) is 4.98 Å². The Balaban J connectivity index is 3.44. The third-order valence-electron chi connectivity index (χ3n) is 1.70. The van der Waals surface area contributed by atoms with Gasteiger partial charge < -0.3 is 5.11 Å². The number of hydrogen-bond acceptors (Lipinski definition) is 2. The van der Waals surface area contributed by atoms with Gasteiger partial charge in [-0.1, -0.05) is 0 Å². The van der Waals surface area contributed by atoms with Crippen molar-refractivity contribution in [3.8, 4) is 0 Å². The van der Waals surface area contributed by atoms with Crippen LogP contribution in [0.15, 0.2) is 10.7 Å². The number of carbonyl (C=O) groups is 1. The first kappa shape index (κ1) is 12.3. The highest BCUT2D eigenvalue weighted by Gasteiger charge is 2.23. The number of nitrogens with zero attached hydrogens (tertiary/aromatic N) is 1. The summed E-state index contributed by atoms with van der Waals surface area (Å²) in [6.45, 7) is 0. The summed E-state index contributed by atoms with van der Waals surface area (Å²) in [4.78, 5) is 14.3. The van der Waals surface area contributed by atoms with E-state index in [0.717, 1.165) is 6.20 Å². The minimum atomic E-state index is -2.89. The highest BCUT2D eigenvalue weighted by atomic mass is 79.9. The number of rotatable bonds is 3. The average molecular weight is 300 g/mol. The van der Waals surface area contributed by atoms with Gasteiger partial charge in [0.15, 0.2) is 0 Å². The van der Waals surface area contributed by atoms with Crippen molar-refractivity contribution in [2.24, 2.45) is 0 Å². The summed E-state index contributed by atoms with van der Waals surface area (Å²) in [7, 11) is 0. The van der Waals surface area contributed by atoms with Crippen LogP contribution in [0.4, 0.5) is 8.78 Å². The lowest BCUT2D eigenvalue weighted by Crippen LogP contribution is -2.07. The minimum absolute atomic E-state index is 0.0487. The van der Waals surface area contributed by atoms with Crippen LogP contribution >= 0.6 is 27.5 Å². The van der Waals surface area contributed by atoms with E-state index in [1.165, 1.54) is 0 Å². The highest BCUT2D eigenvalue weighted by molar-refractivity contribution is 9.10. The number of carboxylic acids is 1. The zero-order valence-electron chi connectivity index (χ0n) is 7.18. The standard InChI is InChI=1S/C8H5BrClF2NO2/c9-6-4(1-10)13-2-3(8(14)15)5(6)7(11)12/h2,7H,1H2,(H,14,15). The molecular weight excluding hydrogens is 295 g/mol. The largest absolute Gasteiger partial charge is 0.478 e. The van der Waals surface area contributed by atoms with Crippen LogP contribution in [-0.2, 0) is 5.88 Å². The van der Waals surface area contributed by atoms with E-state index in [1.54, 1.807) is 0 Å². The monoisotopic (exact) mass is 299 g/mol. The number of hydrogen-bond donors (Lipinski definition) is 1. The summed E-state index contributed by atoms with van der Waals surface area (Å²) in [5.74, 6) is -1.51. The smallest absolute Gasteiger partial charge is 0.337 e. The second-order valence-corrected chi connectivity index (χ2v) is 3.65. The van der Waals surface area contributed by atoms with E-state index < -0.39 is 23.5 Å². The lowest BCUT2D eigenvalue weighted by Gasteiger charge is -2.09. The molecule has 3 nitrogen and oxygen atoms in total. The molecule has 0 aromatic carbocycles. The molecule has 0 spiro atoms. The van der Waals surface area contributed by atoms with Gasteiger partial charge in [-0.05, 0) is 15.9 Å². The fourth-order valence-electron chi connectivity index (χ4n) is 1.02. The van der Waals surface area contributed by atoms with Gasteiger partial charge in [-0.2, -0.15) is 0 Å². The van der Waals surface area contributed by atoms with E-state index in [9.17, 15) is 13.6 Å². The van der Waals surface area contributed by atoms with Crippen molar-refractivity contribution in [2.75, 3.05) is 0 Å². The van der Waals surface area contributed by atoms with Crippen molar-refractivity contribution in [3.05, 3.63) is 27.5 Å². The van der Waals surface area contributed by atoms with Crippen molar-refractivity contribution < 1.29 is 18.7 Å². The minimum Gasteiger partial charge on any atom is -0.478 e.